The molecule has 0 aliphatic rings. The first kappa shape index (κ1) is 13.7. The zero-order valence-electron chi connectivity index (χ0n) is 10.9. The lowest BCUT2D eigenvalue weighted by Crippen LogP contribution is -2.36. The lowest BCUT2D eigenvalue weighted by molar-refractivity contribution is -0.695. The summed E-state index contributed by atoms with van der Waals surface area (Å²) in [6.45, 7) is 4.18. The number of nitrogens with zero attached hydrogens (tertiary/aromatic N) is 3. The smallest absolute Gasteiger partial charge is 0.428 e. The summed E-state index contributed by atoms with van der Waals surface area (Å²) in [5, 5.41) is 19.1. The molecule has 0 fully saturated rings. The Morgan fingerprint density at radius 3 is 2.79 bits per heavy atom. The monoisotopic (exact) mass is 281 g/mol. The van der Waals surface area contributed by atoms with Crippen molar-refractivity contribution < 1.29 is 14.8 Å². The minimum absolute atomic E-state index is 0.0660. The van der Waals surface area contributed by atoms with Crippen LogP contribution in [0.25, 0.3) is 0 Å². The van der Waals surface area contributed by atoms with E-state index in [-0.39, 0.29) is 11.8 Å². The molecule has 0 amide bonds. The molecule has 7 heteroatoms. The van der Waals surface area contributed by atoms with E-state index in [1.807, 2.05) is 6.92 Å². The van der Waals surface area contributed by atoms with Crippen molar-refractivity contribution in [1.82, 2.24) is 9.97 Å². The van der Waals surface area contributed by atoms with Gasteiger partial charge in [-0.15, -0.1) is 4.57 Å². The topological polar surface area (TPSA) is 96.1 Å². The maximum atomic E-state index is 9.96. The highest BCUT2D eigenvalue weighted by atomic mass is 32.1. The number of hydrogen-bond donors (Lipinski definition) is 3. The lowest BCUT2D eigenvalue weighted by Gasteiger charge is -2.02. The Bertz CT molecular complexity index is 598. The molecule has 0 bridgehead atoms. The highest BCUT2D eigenvalue weighted by Gasteiger charge is 2.23. The van der Waals surface area contributed by atoms with Gasteiger partial charge in [-0.2, -0.15) is 0 Å². The number of nitrogen functional groups attached to an aromatic ring is 1. The van der Waals surface area contributed by atoms with Crippen LogP contribution >= 0.6 is 11.3 Å². The van der Waals surface area contributed by atoms with Gasteiger partial charge in [0.05, 0.1) is 10.4 Å². The maximum absolute atomic E-state index is 9.96. The molecule has 0 aromatic carbocycles. The lowest BCUT2D eigenvalue weighted by atomic mass is 10.2. The summed E-state index contributed by atoms with van der Waals surface area (Å²) in [5.74, 6) is 1.05. The van der Waals surface area contributed by atoms with E-state index < -0.39 is 0 Å². The van der Waals surface area contributed by atoms with Crippen LogP contribution in [0.2, 0.25) is 0 Å². The number of aryl methyl sites for hydroxylation is 1. The fourth-order valence-electron chi connectivity index (χ4n) is 1.86. The summed E-state index contributed by atoms with van der Waals surface area (Å²) >= 11 is 1.27. The molecule has 6 nitrogen and oxygen atoms in total. The molecule has 0 saturated heterocycles. The van der Waals surface area contributed by atoms with Crippen LogP contribution in [0.1, 0.15) is 22.0 Å². The molecule has 0 unspecified atom stereocenters. The van der Waals surface area contributed by atoms with Crippen LogP contribution in [0.4, 0.5) is 5.82 Å². The van der Waals surface area contributed by atoms with Crippen LogP contribution in [0, 0.1) is 13.8 Å². The van der Waals surface area contributed by atoms with Gasteiger partial charge in [0.15, 0.2) is 12.2 Å². The van der Waals surface area contributed by atoms with Crippen molar-refractivity contribution in [3.8, 4) is 5.19 Å². The Labute approximate surface area is 115 Å². The van der Waals surface area contributed by atoms with Gasteiger partial charge in [0.25, 0.3) is 0 Å². The van der Waals surface area contributed by atoms with E-state index in [2.05, 4.69) is 9.97 Å². The van der Waals surface area contributed by atoms with Crippen LogP contribution in [-0.4, -0.2) is 26.8 Å². The van der Waals surface area contributed by atoms with Crippen molar-refractivity contribution in [3.05, 3.63) is 28.2 Å². The van der Waals surface area contributed by atoms with E-state index in [0.29, 0.717) is 24.6 Å². The summed E-state index contributed by atoms with van der Waals surface area (Å²) in [7, 11) is 0. The first-order valence-electron chi connectivity index (χ1n) is 5.93. The van der Waals surface area contributed by atoms with Gasteiger partial charge in [0, 0.05) is 26.1 Å². The highest BCUT2D eigenvalue weighted by Crippen LogP contribution is 2.23. The zero-order chi connectivity index (χ0) is 14.0. The van der Waals surface area contributed by atoms with Gasteiger partial charge in [-0.3, -0.25) is 0 Å². The number of rotatable bonds is 4. The number of thiazole rings is 1. The number of aromatic nitrogens is 3. The fourth-order valence-corrected chi connectivity index (χ4v) is 2.84. The first-order valence-corrected chi connectivity index (χ1v) is 6.74. The van der Waals surface area contributed by atoms with Crippen LogP contribution in [0.15, 0.2) is 6.20 Å². The van der Waals surface area contributed by atoms with E-state index in [9.17, 15) is 5.11 Å². The van der Waals surface area contributed by atoms with Crippen molar-refractivity contribution in [2.24, 2.45) is 0 Å². The summed E-state index contributed by atoms with van der Waals surface area (Å²) in [6, 6.07) is 0. The summed E-state index contributed by atoms with van der Waals surface area (Å²) in [6.07, 6.45) is 2.21. The highest BCUT2D eigenvalue weighted by molar-refractivity contribution is 7.13. The Kier molecular flexibility index (Phi) is 3.96. The largest absolute Gasteiger partial charge is 0.451 e. The van der Waals surface area contributed by atoms with Crippen LogP contribution in [0.5, 0.6) is 5.19 Å². The van der Waals surface area contributed by atoms with Gasteiger partial charge in [-0.1, -0.05) is 0 Å². The van der Waals surface area contributed by atoms with E-state index in [1.54, 1.807) is 17.7 Å². The van der Waals surface area contributed by atoms with Crippen molar-refractivity contribution in [2.75, 3.05) is 12.3 Å². The number of hydrogen-bond acceptors (Lipinski definition) is 6. The molecule has 0 aliphatic carbocycles. The first-order chi connectivity index (χ1) is 9.02. The molecular formula is C12H17N4O2S+. The number of aliphatic hydroxyl groups is 1. The molecule has 0 radical (unpaired) electrons. The normalized spacial score (nSPS) is 10.9. The summed E-state index contributed by atoms with van der Waals surface area (Å²) in [5.41, 5.74) is 7.55. The van der Waals surface area contributed by atoms with Gasteiger partial charge >= 0.3 is 5.19 Å². The Morgan fingerprint density at radius 1 is 1.42 bits per heavy atom. The molecule has 4 N–H and O–H groups in total. The predicted molar refractivity (Wildman–Crippen MR) is 72.0 cm³/mol. The van der Waals surface area contributed by atoms with Gasteiger partial charge in [-0.25, -0.2) is 9.97 Å². The van der Waals surface area contributed by atoms with E-state index in [1.165, 1.54) is 11.3 Å². The quantitative estimate of drug-likeness (QED) is 0.701. The molecule has 0 saturated carbocycles. The van der Waals surface area contributed by atoms with Crippen molar-refractivity contribution in [2.45, 2.75) is 26.8 Å². The number of aliphatic hydroxyl groups excluding tert-OH is 1. The number of nitrogens with two attached hydrogens (primary N) is 1. The van der Waals surface area contributed by atoms with E-state index >= 15 is 0 Å². The Balaban J connectivity index is 2.33. The molecule has 2 aromatic rings. The second-order valence-corrected chi connectivity index (χ2v) is 5.34. The molecule has 19 heavy (non-hydrogen) atoms. The molecule has 0 aliphatic heterocycles. The molecule has 2 rings (SSSR count). The van der Waals surface area contributed by atoms with E-state index in [4.69, 9.17) is 10.8 Å². The number of anilines is 1. The minimum Gasteiger partial charge on any atom is -0.451 e. The Hall–Kier alpha value is -1.73. The fraction of sp³-hybridized carbons (Fsp3) is 0.417. The van der Waals surface area contributed by atoms with Crippen LogP contribution < -0.4 is 10.3 Å². The second kappa shape index (κ2) is 5.50. The SMILES string of the molecule is Cc1ncc(C[n+]2c(O)sc(CCO)c2C)c(N)n1. The second-order valence-electron chi connectivity index (χ2n) is 4.28. The maximum Gasteiger partial charge on any atom is 0.428 e. The zero-order valence-corrected chi connectivity index (χ0v) is 11.7. The standard InChI is InChI=1S/C12H16N4O2S/c1-7-10(3-4-17)19-12(18)16(7)6-9-5-14-8(2)15-11(9)13/h5,17H,3-4,6H2,1-2H3,(H2,13,14,15)/p+1. The van der Waals surface area contributed by atoms with Gasteiger partial charge in [0.2, 0.25) is 0 Å². The Morgan fingerprint density at radius 2 is 2.16 bits per heavy atom. The van der Waals surface area contributed by atoms with E-state index in [0.717, 1.165) is 16.1 Å². The third-order valence-corrected chi connectivity index (χ3v) is 4.09. The summed E-state index contributed by atoms with van der Waals surface area (Å²) < 4.78 is 1.75. The van der Waals surface area contributed by atoms with Gasteiger partial charge in [0.1, 0.15) is 11.6 Å². The molecule has 102 valence electrons. The molecule has 0 atom stereocenters. The third kappa shape index (κ3) is 2.82. The predicted octanol–water partition coefficient (Wildman–Crippen LogP) is 0.313. The molecule has 2 aromatic heterocycles. The number of aromatic hydroxyl groups is 1. The minimum atomic E-state index is 0.0660. The van der Waals surface area contributed by atoms with Crippen molar-refractivity contribution in [1.29, 1.82) is 0 Å². The average molecular weight is 281 g/mol. The van der Waals surface area contributed by atoms with Crippen molar-refractivity contribution in [3.63, 3.8) is 0 Å². The molecule has 0 spiro atoms. The van der Waals surface area contributed by atoms with Crippen LogP contribution in [-0.2, 0) is 13.0 Å². The average Bonchev–Trinajstić information content (AvgIpc) is 2.60. The summed E-state index contributed by atoms with van der Waals surface area (Å²) in [4.78, 5) is 9.19. The van der Waals surface area contributed by atoms with Gasteiger partial charge in [-0.05, 0) is 18.3 Å². The third-order valence-electron chi connectivity index (χ3n) is 2.94. The molecular weight excluding hydrogens is 264 g/mol. The van der Waals surface area contributed by atoms with Crippen LogP contribution in [0.3, 0.4) is 0 Å². The molecule has 2 heterocycles. The van der Waals surface area contributed by atoms with Gasteiger partial charge < -0.3 is 15.9 Å². The van der Waals surface area contributed by atoms with Crippen molar-refractivity contribution >= 4 is 17.2 Å².